The Morgan fingerprint density at radius 3 is 2.53 bits per heavy atom. The lowest BCUT2D eigenvalue weighted by atomic mass is 10.2. The van der Waals surface area contributed by atoms with Gasteiger partial charge >= 0.3 is 0 Å². The van der Waals surface area contributed by atoms with Gasteiger partial charge in [0.05, 0.1) is 12.8 Å². The van der Waals surface area contributed by atoms with Crippen LogP contribution >= 0.6 is 0 Å². The van der Waals surface area contributed by atoms with Gasteiger partial charge in [-0.05, 0) is 40.1 Å². The molecule has 2 rings (SSSR count). The molecule has 0 aliphatic heterocycles. The van der Waals surface area contributed by atoms with Gasteiger partial charge in [-0.25, -0.2) is 0 Å². The zero-order valence-corrected chi connectivity index (χ0v) is 12.1. The van der Waals surface area contributed by atoms with Crippen LogP contribution in [0.1, 0.15) is 28.4 Å². The highest BCUT2D eigenvalue weighted by Crippen LogP contribution is 2.18. The molecule has 0 unspecified atom stereocenters. The molecule has 0 aliphatic carbocycles. The van der Waals surface area contributed by atoms with E-state index >= 15 is 0 Å². The first kappa shape index (κ1) is 13.9. The monoisotopic (exact) mass is 262 g/mol. The van der Waals surface area contributed by atoms with Crippen LogP contribution in [0, 0.1) is 13.8 Å². The van der Waals surface area contributed by atoms with Crippen LogP contribution in [0.25, 0.3) is 0 Å². The minimum atomic E-state index is 0.769. The van der Waals surface area contributed by atoms with Gasteiger partial charge in [-0.15, -0.1) is 0 Å². The van der Waals surface area contributed by atoms with Crippen LogP contribution in [-0.4, -0.2) is 19.0 Å². The van der Waals surface area contributed by atoms with Gasteiger partial charge in [-0.1, -0.05) is 0 Å². The van der Waals surface area contributed by atoms with Gasteiger partial charge in [0.2, 0.25) is 0 Å². The second kappa shape index (κ2) is 6.08. The summed E-state index contributed by atoms with van der Waals surface area (Å²) in [5, 5.41) is 3.10. The van der Waals surface area contributed by atoms with Crippen molar-refractivity contribution in [2.24, 2.45) is 0 Å². The number of hydrogen-bond donors (Lipinski definition) is 1. The molecule has 4 nitrogen and oxygen atoms in total. The Hall–Kier alpha value is -1.52. The number of nitrogens with one attached hydrogen (secondary N) is 1. The van der Waals surface area contributed by atoms with Crippen molar-refractivity contribution in [1.82, 2.24) is 10.2 Å². The summed E-state index contributed by atoms with van der Waals surface area (Å²) in [6, 6.07) is 4.16. The fourth-order valence-corrected chi connectivity index (χ4v) is 2.22. The van der Waals surface area contributed by atoms with E-state index < -0.39 is 0 Å². The van der Waals surface area contributed by atoms with Gasteiger partial charge in [0, 0.05) is 24.2 Å². The second-order valence-corrected chi connectivity index (χ2v) is 5.00. The van der Waals surface area contributed by atoms with Crippen LogP contribution in [0.15, 0.2) is 27.2 Å². The molecule has 0 bridgehead atoms. The highest BCUT2D eigenvalue weighted by molar-refractivity contribution is 5.21. The van der Waals surface area contributed by atoms with E-state index in [9.17, 15) is 0 Å². The number of furan rings is 2. The Bertz CT molecular complexity index is 528. The van der Waals surface area contributed by atoms with E-state index in [2.05, 4.69) is 23.3 Å². The molecule has 0 saturated heterocycles. The zero-order valence-electron chi connectivity index (χ0n) is 12.1. The SMILES string of the molecule is CNCc1cc(CN(C)Cc2ccoc2C)c(C)o1. The molecule has 0 fully saturated rings. The van der Waals surface area contributed by atoms with Crippen LogP contribution in [0.5, 0.6) is 0 Å². The molecule has 2 heterocycles. The van der Waals surface area contributed by atoms with Crippen molar-refractivity contribution in [3.8, 4) is 0 Å². The molecule has 19 heavy (non-hydrogen) atoms. The average Bonchev–Trinajstić information content (AvgIpc) is 2.88. The van der Waals surface area contributed by atoms with Crippen LogP contribution in [0.3, 0.4) is 0 Å². The second-order valence-electron chi connectivity index (χ2n) is 5.00. The van der Waals surface area contributed by atoms with Crippen molar-refractivity contribution in [2.45, 2.75) is 33.5 Å². The lowest BCUT2D eigenvalue weighted by molar-refractivity contribution is 0.313. The topological polar surface area (TPSA) is 41.5 Å². The third-order valence-electron chi connectivity index (χ3n) is 3.27. The van der Waals surface area contributed by atoms with Crippen LogP contribution < -0.4 is 5.32 Å². The van der Waals surface area contributed by atoms with E-state index in [-0.39, 0.29) is 0 Å². The molecule has 0 aromatic carbocycles. The normalized spacial score (nSPS) is 11.4. The Morgan fingerprint density at radius 1 is 1.16 bits per heavy atom. The number of rotatable bonds is 6. The summed E-state index contributed by atoms with van der Waals surface area (Å²) >= 11 is 0. The maximum absolute atomic E-state index is 5.71. The highest BCUT2D eigenvalue weighted by Gasteiger charge is 2.11. The molecular weight excluding hydrogens is 240 g/mol. The van der Waals surface area contributed by atoms with Crippen LogP contribution in [0.2, 0.25) is 0 Å². The summed E-state index contributed by atoms with van der Waals surface area (Å²) in [6.45, 7) is 6.55. The molecule has 0 aliphatic rings. The standard InChI is InChI=1S/C15H22N2O2/c1-11-13(5-6-18-11)9-17(4)10-14-7-15(8-16-3)19-12(14)2/h5-7,16H,8-10H2,1-4H3. The van der Waals surface area contributed by atoms with Gasteiger partial charge in [-0.2, -0.15) is 0 Å². The molecule has 0 atom stereocenters. The largest absolute Gasteiger partial charge is 0.469 e. The maximum atomic E-state index is 5.71. The molecule has 0 amide bonds. The molecule has 4 heteroatoms. The predicted octanol–water partition coefficient (Wildman–Crippen LogP) is 2.84. The van der Waals surface area contributed by atoms with Crippen LogP contribution in [0.4, 0.5) is 0 Å². The van der Waals surface area contributed by atoms with Crippen molar-refractivity contribution in [2.75, 3.05) is 14.1 Å². The molecule has 0 saturated carbocycles. The van der Waals surface area contributed by atoms with Crippen molar-refractivity contribution < 1.29 is 8.83 Å². The first-order valence-corrected chi connectivity index (χ1v) is 6.54. The van der Waals surface area contributed by atoms with Crippen LogP contribution in [-0.2, 0) is 19.6 Å². The summed E-state index contributed by atoms with van der Waals surface area (Å²) in [4.78, 5) is 2.26. The van der Waals surface area contributed by atoms with E-state index in [1.165, 1.54) is 11.1 Å². The fourth-order valence-electron chi connectivity index (χ4n) is 2.22. The van der Waals surface area contributed by atoms with Gasteiger partial charge in [-0.3, -0.25) is 4.90 Å². The zero-order chi connectivity index (χ0) is 13.8. The minimum absolute atomic E-state index is 0.769. The first-order valence-electron chi connectivity index (χ1n) is 6.54. The summed E-state index contributed by atoms with van der Waals surface area (Å²) in [7, 11) is 4.03. The lowest BCUT2D eigenvalue weighted by Crippen LogP contribution is -2.17. The van der Waals surface area contributed by atoms with Crippen molar-refractivity contribution in [1.29, 1.82) is 0 Å². The maximum Gasteiger partial charge on any atom is 0.118 e. The number of nitrogens with zero attached hydrogens (tertiary/aromatic N) is 1. The summed E-state index contributed by atoms with van der Waals surface area (Å²) in [5.74, 6) is 2.98. The number of aryl methyl sites for hydroxylation is 2. The smallest absolute Gasteiger partial charge is 0.118 e. The summed E-state index contributed by atoms with van der Waals surface area (Å²) < 4.78 is 11.0. The van der Waals surface area contributed by atoms with E-state index in [0.29, 0.717) is 0 Å². The predicted molar refractivity (Wildman–Crippen MR) is 74.8 cm³/mol. The van der Waals surface area contributed by atoms with E-state index in [0.717, 1.165) is 36.9 Å². The van der Waals surface area contributed by atoms with Gasteiger partial charge < -0.3 is 14.2 Å². The number of hydrogen-bond acceptors (Lipinski definition) is 4. The van der Waals surface area contributed by atoms with Gasteiger partial charge in [0.1, 0.15) is 17.3 Å². The molecule has 104 valence electrons. The lowest BCUT2D eigenvalue weighted by Gasteiger charge is -2.15. The molecular formula is C15H22N2O2. The first-order chi connectivity index (χ1) is 9.10. The average molecular weight is 262 g/mol. The van der Waals surface area contributed by atoms with E-state index in [1.807, 2.05) is 27.0 Å². The quantitative estimate of drug-likeness (QED) is 0.869. The Morgan fingerprint density at radius 2 is 1.89 bits per heavy atom. The Balaban J connectivity index is 1.98. The molecule has 0 radical (unpaired) electrons. The highest BCUT2D eigenvalue weighted by atomic mass is 16.3. The van der Waals surface area contributed by atoms with Crippen molar-refractivity contribution in [3.05, 3.63) is 46.8 Å². The Labute approximate surface area is 114 Å². The van der Waals surface area contributed by atoms with E-state index in [4.69, 9.17) is 8.83 Å². The fraction of sp³-hybridized carbons (Fsp3) is 0.467. The van der Waals surface area contributed by atoms with Gasteiger partial charge in [0.15, 0.2) is 0 Å². The third-order valence-corrected chi connectivity index (χ3v) is 3.27. The Kier molecular flexibility index (Phi) is 4.45. The third kappa shape index (κ3) is 3.49. The van der Waals surface area contributed by atoms with Gasteiger partial charge in [0.25, 0.3) is 0 Å². The summed E-state index contributed by atoms with van der Waals surface area (Å²) in [6.07, 6.45) is 1.74. The molecule has 0 spiro atoms. The molecule has 2 aromatic rings. The summed E-state index contributed by atoms with van der Waals surface area (Å²) in [5.41, 5.74) is 2.48. The molecule has 2 aromatic heterocycles. The minimum Gasteiger partial charge on any atom is -0.469 e. The van der Waals surface area contributed by atoms with Crippen molar-refractivity contribution >= 4 is 0 Å². The van der Waals surface area contributed by atoms with Crippen molar-refractivity contribution in [3.63, 3.8) is 0 Å². The van der Waals surface area contributed by atoms with E-state index in [1.54, 1.807) is 6.26 Å². The molecule has 1 N–H and O–H groups in total.